The van der Waals surface area contributed by atoms with Crippen molar-refractivity contribution >= 4 is 34.8 Å². The van der Waals surface area contributed by atoms with E-state index < -0.39 is 10.8 Å². The van der Waals surface area contributed by atoms with Crippen molar-refractivity contribution < 1.29 is 9.72 Å². The summed E-state index contributed by atoms with van der Waals surface area (Å²) in [6, 6.07) is 2.20. The number of carbonyl (C=O) groups excluding carboxylic acids is 1. The number of rotatable bonds is 5. The smallest absolute Gasteiger partial charge is 0.271 e. The van der Waals surface area contributed by atoms with Gasteiger partial charge in [-0.3, -0.25) is 14.9 Å². The minimum Gasteiger partial charge on any atom is -0.350 e. The van der Waals surface area contributed by atoms with Gasteiger partial charge in [-0.15, -0.1) is 0 Å². The molecular formula is C12H10Cl2N4O3. The lowest BCUT2D eigenvalue weighted by atomic mass is 10.2. The van der Waals surface area contributed by atoms with Gasteiger partial charge >= 0.3 is 0 Å². The minimum absolute atomic E-state index is 0.0117. The van der Waals surface area contributed by atoms with Gasteiger partial charge in [-0.1, -0.05) is 23.2 Å². The number of non-ortho nitro benzene ring substituents is 1. The first-order valence-corrected chi connectivity index (χ1v) is 6.62. The van der Waals surface area contributed by atoms with Crippen molar-refractivity contribution in [2.24, 2.45) is 0 Å². The van der Waals surface area contributed by atoms with Gasteiger partial charge in [0.05, 0.1) is 26.9 Å². The number of nitrogens with zero attached hydrogens (tertiary/aromatic N) is 3. The van der Waals surface area contributed by atoms with E-state index in [9.17, 15) is 14.9 Å². The van der Waals surface area contributed by atoms with E-state index in [0.717, 1.165) is 12.1 Å². The van der Waals surface area contributed by atoms with Crippen molar-refractivity contribution in [3.05, 3.63) is 56.6 Å². The van der Waals surface area contributed by atoms with Crippen LogP contribution in [0.2, 0.25) is 10.0 Å². The normalized spacial score (nSPS) is 10.4. The highest BCUT2D eigenvalue weighted by Gasteiger charge is 2.19. The summed E-state index contributed by atoms with van der Waals surface area (Å²) < 4.78 is 1.78. The van der Waals surface area contributed by atoms with E-state index >= 15 is 0 Å². The van der Waals surface area contributed by atoms with E-state index in [0.29, 0.717) is 13.1 Å². The van der Waals surface area contributed by atoms with Crippen molar-refractivity contribution in [2.45, 2.75) is 6.54 Å². The molecule has 1 aromatic heterocycles. The van der Waals surface area contributed by atoms with Gasteiger partial charge in [0.25, 0.3) is 11.6 Å². The number of hydrogen-bond acceptors (Lipinski definition) is 4. The highest BCUT2D eigenvalue weighted by Crippen LogP contribution is 2.30. The van der Waals surface area contributed by atoms with Crippen LogP contribution in [0.15, 0.2) is 30.9 Å². The number of carbonyl (C=O) groups is 1. The van der Waals surface area contributed by atoms with Crippen molar-refractivity contribution in [3.8, 4) is 0 Å². The van der Waals surface area contributed by atoms with E-state index in [2.05, 4.69) is 10.3 Å². The Labute approximate surface area is 129 Å². The third-order valence-corrected chi connectivity index (χ3v) is 3.49. The summed E-state index contributed by atoms with van der Waals surface area (Å²) in [5.41, 5.74) is -0.314. The second-order valence-corrected chi connectivity index (χ2v) is 4.89. The highest BCUT2D eigenvalue weighted by molar-refractivity contribution is 6.44. The molecule has 0 bridgehead atoms. The number of amides is 1. The zero-order chi connectivity index (χ0) is 15.4. The molecule has 0 aliphatic carbocycles. The second kappa shape index (κ2) is 6.55. The number of nitrogens with one attached hydrogen (secondary N) is 1. The molecule has 1 N–H and O–H groups in total. The lowest BCUT2D eigenvalue weighted by Gasteiger charge is -2.08. The molecule has 1 amide bonds. The van der Waals surface area contributed by atoms with Crippen LogP contribution in [0.1, 0.15) is 10.4 Å². The third kappa shape index (κ3) is 3.71. The molecule has 110 valence electrons. The number of imidazole rings is 1. The van der Waals surface area contributed by atoms with Crippen LogP contribution in [-0.2, 0) is 6.54 Å². The average molecular weight is 329 g/mol. The van der Waals surface area contributed by atoms with Gasteiger partial charge < -0.3 is 9.88 Å². The lowest BCUT2D eigenvalue weighted by molar-refractivity contribution is -0.384. The number of benzene rings is 1. The van der Waals surface area contributed by atoms with Gasteiger partial charge in [0, 0.05) is 37.6 Å². The molecule has 0 atom stereocenters. The average Bonchev–Trinajstić information content (AvgIpc) is 2.94. The van der Waals surface area contributed by atoms with Gasteiger partial charge in [-0.2, -0.15) is 0 Å². The monoisotopic (exact) mass is 328 g/mol. The topological polar surface area (TPSA) is 90.1 Å². The molecule has 0 radical (unpaired) electrons. The zero-order valence-electron chi connectivity index (χ0n) is 10.6. The van der Waals surface area contributed by atoms with Crippen LogP contribution in [0.5, 0.6) is 0 Å². The highest BCUT2D eigenvalue weighted by atomic mass is 35.5. The molecule has 0 unspecified atom stereocenters. The Hall–Kier alpha value is -2.12. The summed E-state index contributed by atoms with van der Waals surface area (Å²) in [5.74, 6) is -0.522. The van der Waals surface area contributed by atoms with Crippen molar-refractivity contribution in [2.75, 3.05) is 6.54 Å². The molecule has 9 heteroatoms. The van der Waals surface area contributed by atoms with E-state index in [1.54, 1.807) is 23.3 Å². The number of nitro groups is 1. The number of aromatic nitrogens is 2. The summed E-state index contributed by atoms with van der Waals surface area (Å²) >= 11 is 11.7. The van der Waals surface area contributed by atoms with Gasteiger partial charge in [-0.25, -0.2) is 4.98 Å². The molecule has 0 saturated carbocycles. The maximum absolute atomic E-state index is 12.0. The third-order valence-electron chi connectivity index (χ3n) is 2.68. The lowest BCUT2D eigenvalue weighted by Crippen LogP contribution is -2.27. The van der Waals surface area contributed by atoms with Crippen molar-refractivity contribution in [3.63, 3.8) is 0 Å². The predicted octanol–water partition coefficient (Wildman–Crippen LogP) is 2.53. The van der Waals surface area contributed by atoms with Crippen LogP contribution in [0.25, 0.3) is 0 Å². The fourth-order valence-corrected chi connectivity index (χ4v) is 2.07. The Balaban J connectivity index is 2.09. The molecule has 0 fully saturated rings. The summed E-state index contributed by atoms with van der Waals surface area (Å²) in [7, 11) is 0. The molecular weight excluding hydrogens is 319 g/mol. The van der Waals surface area contributed by atoms with Crippen LogP contribution in [-0.4, -0.2) is 26.9 Å². The molecule has 0 aliphatic rings. The summed E-state index contributed by atoms with van der Waals surface area (Å²) in [4.78, 5) is 26.0. The van der Waals surface area contributed by atoms with E-state index in [1.165, 1.54) is 0 Å². The standard InChI is InChI=1S/C12H10Cl2N4O3/c13-10-6-8(18(20)21)5-9(11(10)14)12(19)16-2-4-17-3-1-15-7-17/h1,3,5-7H,2,4H2,(H,16,19). The molecule has 0 aliphatic heterocycles. The largest absolute Gasteiger partial charge is 0.350 e. The van der Waals surface area contributed by atoms with E-state index in [1.807, 2.05) is 0 Å². The van der Waals surface area contributed by atoms with Gasteiger partial charge in [0.15, 0.2) is 0 Å². The SMILES string of the molecule is O=C(NCCn1ccnc1)c1cc([N+](=O)[O-])cc(Cl)c1Cl. The number of hydrogen-bond donors (Lipinski definition) is 1. The van der Waals surface area contributed by atoms with Crippen LogP contribution in [0, 0.1) is 10.1 Å². The molecule has 2 rings (SSSR count). The quantitative estimate of drug-likeness (QED) is 0.674. The Morgan fingerprint density at radius 2 is 2.19 bits per heavy atom. The van der Waals surface area contributed by atoms with E-state index in [4.69, 9.17) is 23.2 Å². The second-order valence-electron chi connectivity index (χ2n) is 4.10. The Morgan fingerprint density at radius 1 is 1.43 bits per heavy atom. The van der Waals surface area contributed by atoms with Gasteiger partial charge in [0.2, 0.25) is 0 Å². The first-order chi connectivity index (χ1) is 9.99. The molecule has 1 heterocycles. The molecule has 7 nitrogen and oxygen atoms in total. The maximum atomic E-state index is 12.0. The summed E-state index contributed by atoms with van der Waals surface area (Å²) in [6.45, 7) is 0.845. The Bertz CT molecular complexity index is 673. The van der Waals surface area contributed by atoms with Crippen molar-refractivity contribution in [1.29, 1.82) is 0 Å². The molecule has 0 spiro atoms. The minimum atomic E-state index is -0.634. The maximum Gasteiger partial charge on any atom is 0.271 e. The molecule has 0 saturated heterocycles. The van der Waals surface area contributed by atoms with E-state index in [-0.39, 0.29) is 21.3 Å². The first kappa shape index (κ1) is 15.3. The van der Waals surface area contributed by atoms with Crippen LogP contribution in [0.4, 0.5) is 5.69 Å². The fourth-order valence-electron chi connectivity index (χ4n) is 1.66. The van der Waals surface area contributed by atoms with Gasteiger partial charge in [0.1, 0.15) is 0 Å². The van der Waals surface area contributed by atoms with Crippen LogP contribution >= 0.6 is 23.2 Å². The summed E-state index contributed by atoms with van der Waals surface area (Å²) in [6.07, 6.45) is 4.99. The Morgan fingerprint density at radius 3 is 2.81 bits per heavy atom. The number of nitro benzene ring substituents is 1. The predicted molar refractivity (Wildman–Crippen MR) is 77.7 cm³/mol. The molecule has 1 aromatic carbocycles. The van der Waals surface area contributed by atoms with Crippen LogP contribution < -0.4 is 5.32 Å². The zero-order valence-corrected chi connectivity index (χ0v) is 12.1. The number of halogens is 2. The Kier molecular flexibility index (Phi) is 4.77. The molecule has 21 heavy (non-hydrogen) atoms. The van der Waals surface area contributed by atoms with Gasteiger partial charge in [-0.05, 0) is 0 Å². The van der Waals surface area contributed by atoms with Crippen molar-refractivity contribution in [1.82, 2.24) is 14.9 Å². The van der Waals surface area contributed by atoms with Crippen LogP contribution in [0.3, 0.4) is 0 Å². The summed E-state index contributed by atoms with van der Waals surface area (Å²) in [5, 5.41) is 13.3. The first-order valence-electron chi connectivity index (χ1n) is 5.86. The molecule has 2 aromatic rings. The fraction of sp³-hybridized carbons (Fsp3) is 0.167.